The highest BCUT2D eigenvalue weighted by Crippen LogP contribution is 2.42. The van der Waals surface area contributed by atoms with Gasteiger partial charge in [-0.3, -0.25) is 4.99 Å². The highest BCUT2D eigenvalue weighted by molar-refractivity contribution is 7.90. The van der Waals surface area contributed by atoms with Gasteiger partial charge in [0.15, 0.2) is 5.96 Å². The van der Waals surface area contributed by atoms with Crippen LogP contribution in [-0.4, -0.2) is 69.5 Å². The largest absolute Gasteiger partial charge is 0.354 e. The van der Waals surface area contributed by atoms with E-state index in [2.05, 4.69) is 58.6 Å². The summed E-state index contributed by atoms with van der Waals surface area (Å²) in [7, 11) is -2.89. The van der Waals surface area contributed by atoms with Crippen LogP contribution in [0.15, 0.2) is 29.3 Å². The average Bonchev–Trinajstić information content (AvgIpc) is 3.40. The Morgan fingerprint density at radius 1 is 1.21 bits per heavy atom. The Labute approximate surface area is 169 Å². The zero-order valence-corrected chi connectivity index (χ0v) is 18.1. The van der Waals surface area contributed by atoms with Gasteiger partial charge in [-0.2, -0.15) is 0 Å². The maximum Gasteiger partial charge on any atom is 0.191 e. The van der Waals surface area contributed by atoms with E-state index >= 15 is 0 Å². The van der Waals surface area contributed by atoms with Crippen LogP contribution in [0.3, 0.4) is 0 Å². The Hall–Kier alpha value is -1.60. The minimum absolute atomic E-state index is 0.247. The zero-order valence-electron chi connectivity index (χ0n) is 17.3. The second kappa shape index (κ2) is 9.27. The number of nitrogens with zero attached hydrogens (tertiary/aromatic N) is 2. The lowest BCUT2D eigenvalue weighted by Gasteiger charge is -2.33. The van der Waals surface area contributed by atoms with Crippen LogP contribution in [0, 0.1) is 6.92 Å². The van der Waals surface area contributed by atoms with Crippen molar-refractivity contribution < 1.29 is 8.42 Å². The first-order valence-electron chi connectivity index (χ1n) is 10.4. The maximum absolute atomic E-state index is 11.4. The fourth-order valence-electron chi connectivity index (χ4n) is 3.96. The van der Waals surface area contributed by atoms with Gasteiger partial charge in [-0.05, 0) is 44.2 Å². The molecule has 1 heterocycles. The van der Waals surface area contributed by atoms with E-state index in [1.165, 1.54) is 17.4 Å². The number of nitrogens with one attached hydrogen (secondary N) is 2. The van der Waals surface area contributed by atoms with Gasteiger partial charge >= 0.3 is 0 Å². The van der Waals surface area contributed by atoms with Crippen molar-refractivity contribution in [3.8, 4) is 0 Å². The third-order valence-electron chi connectivity index (χ3n) is 5.72. The van der Waals surface area contributed by atoms with Crippen molar-refractivity contribution in [3.05, 3.63) is 35.4 Å². The molecule has 0 aromatic heterocycles. The number of piperidine rings is 1. The van der Waals surface area contributed by atoms with Crippen molar-refractivity contribution in [3.63, 3.8) is 0 Å². The van der Waals surface area contributed by atoms with Crippen molar-refractivity contribution in [2.45, 2.75) is 51.1 Å². The molecule has 2 aliphatic rings. The smallest absolute Gasteiger partial charge is 0.191 e. The van der Waals surface area contributed by atoms with Gasteiger partial charge < -0.3 is 15.5 Å². The maximum atomic E-state index is 11.4. The molecule has 2 atom stereocenters. The summed E-state index contributed by atoms with van der Waals surface area (Å²) in [6.07, 6.45) is 4.49. The Morgan fingerprint density at radius 3 is 2.57 bits per heavy atom. The van der Waals surface area contributed by atoms with Crippen LogP contribution in [0.5, 0.6) is 0 Å². The van der Waals surface area contributed by atoms with Crippen LogP contribution in [0.2, 0.25) is 0 Å². The summed E-state index contributed by atoms with van der Waals surface area (Å²) in [5, 5.41) is 7.22. The first-order chi connectivity index (χ1) is 13.4. The van der Waals surface area contributed by atoms with Gasteiger partial charge in [-0.15, -0.1) is 0 Å². The van der Waals surface area contributed by atoms with Gasteiger partial charge in [-0.1, -0.05) is 24.3 Å². The minimum atomic E-state index is -2.89. The molecule has 2 unspecified atom stereocenters. The summed E-state index contributed by atoms with van der Waals surface area (Å²) in [6.45, 7) is 7.50. The van der Waals surface area contributed by atoms with Crippen LogP contribution in [0.4, 0.5) is 0 Å². The van der Waals surface area contributed by atoms with E-state index in [9.17, 15) is 8.42 Å². The topological polar surface area (TPSA) is 73.8 Å². The number of likely N-dealkylation sites (tertiary alicyclic amines) is 1. The molecule has 156 valence electrons. The standard InChI is InChI=1S/C21H34N4O2S/c1-4-22-21(24-20-15-19(20)18-8-6-5-7-16(18)2)23-17-9-11-25(12-10-17)13-14-28(3,26)27/h5-8,17,19-20H,4,9-15H2,1-3H3,(H2,22,23,24). The third-order valence-corrected chi connectivity index (χ3v) is 6.65. The molecule has 1 saturated heterocycles. The number of hydrogen-bond acceptors (Lipinski definition) is 4. The number of guanidine groups is 1. The molecule has 0 radical (unpaired) electrons. The molecule has 1 aliphatic heterocycles. The van der Waals surface area contributed by atoms with Crippen molar-refractivity contribution >= 4 is 15.8 Å². The molecule has 2 N–H and O–H groups in total. The molecule has 2 fully saturated rings. The van der Waals surface area contributed by atoms with E-state index in [0.29, 0.717) is 24.5 Å². The van der Waals surface area contributed by atoms with E-state index < -0.39 is 9.84 Å². The van der Waals surface area contributed by atoms with Crippen molar-refractivity contribution in [1.82, 2.24) is 15.5 Å². The Morgan fingerprint density at radius 2 is 1.93 bits per heavy atom. The second-order valence-electron chi connectivity index (χ2n) is 8.16. The van der Waals surface area contributed by atoms with E-state index in [1.807, 2.05) is 0 Å². The number of rotatable bonds is 7. The molecule has 3 rings (SSSR count). The van der Waals surface area contributed by atoms with E-state index in [4.69, 9.17) is 0 Å². The van der Waals surface area contributed by atoms with Crippen LogP contribution in [0.25, 0.3) is 0 Å². The summed E-state index contributed by atoms with van der Waals surface area (Å²) >= 11 is 0. The van der Waals surface area contributed by atoms with Crippen LogP contribution in [-0.2, 0) is 9.84 Å². The summed E-state index contributed by atoms with van der Waals surface area (Å²) in [5.41, 5.74) is 2.80. The molecule has 7 heteroatoms. The van der Waals surface area contributed by atoms with E-state index in [0.717, 1.165) is 44.9 Å². The molecule has 1 aromatic carbocycles. The van der Waals surface area contributed by atoms with E-state index in [1.54, 1.807) is 0 Å². The van der Waals surface area contributed by atoms with Gasteiger partial charge in [0, 0.05) is 50.4 Å². The van der Waals surface area contributed by atoms with Crippen molar-refractivity contribution in [1.29, 1.82) is 0 Å². The molecule has 1 aromatic rings. The third kappa shape index (κ3) is 6.21. The number of aliphatic imine (C=N–C) groups is 1. The van der Waals surface area contributed by atoms with E-state index in [-0.39, 0.29) is 5.75 Å². The fraction of sp³-hybridized carbons (Fsp3) is 0.667. The summed E-state index contributed by atoms with van der Waals surface area (Å²) in [5.74, 6) is 1.73. The van der Waals surface area contributed by atoms with Crippen molar-refractivity contribution in [2.75, 3.05) is 38.2 Å². The number of sulfone groups is 1. The average molecular weight is 407 g/mol. The predicted molar refractivity (Wildman–Crippen MR) is 116 cm³/mol. The molecule has 0 spiro atoms. The molecule has 6 nitrogen and oxygen atoms in total. The molecule has 1 saturated carbocycles. The van der Waals surface area contributed by atoms with Gasteiger partial charge in [0.2, 0.25) is 0 Å². The lowest BCUT2D eigenvalue weighted by Crippen LogP contribution is -2.49. The van der Waals surface area contributed by atoms with Crippen LogP contribution < -0.4 is 10.6 Å². The normalized spacial score (nSPS) is 24.2. The Balaban J connectivity index is 1.46. The highest BCUT2D eigenvalue weighted by atomic mass is 32.2. The summed E-state index contributed by atoms with van der Waals surface area (Å²) < 4.78 is 22.7. The summed E-state index contributed by atoms with van der Waals surface area (Å²) in [4.78, 5) is 6.89. The number of hydrogen-bond donors (Lipinski definition) is 2. The Bertz CT molecular complexity index is 785. The van der Waals surface area contributed by atoms with Gasteiger partial charge in [0.25, 0.3) is 0 Å². The minimum Gasteiger partial charge on any atom is -0.354 e. The first kappa shape index (κ1) is 21.1. The second-order valence-corrected chi connectivity index (χ2v) is 10.4. The number of aryl methyl sites for hydroxylation is 1. The SMILES string of the molecule is CCN=C(NC1CCN(CCS(C)(=O)=O)CC1)NC1CC1c1ccccc1C. The lowest BCUT2D eigenvalue weighted by atomic mass is 10.0. The van der Waals surface area contributed by atoms with Gasteiger partial charge in [-0.25, -0.2) is 8.42 Å². The highest BCUT2D eigenvalue weighted by Gasteiger charge is 2.40. The lowest BCUT2D eigenvalue weighted by molar-refractivity contribution is 0.216. The Kier molecular flexibility index (Phi) is 6.99. The molecular weight excluding hydrogens is 372 g/mol. The van der Waals surface area contributed by atoms with Gasteiger partial charge in [0.05, 0.1) is 5.75 Å². The zero-order chi connectivity index (χ0) is 20.1. The van der Waals surface area contributed by atoms with Crippen LogP contribution >= 0.6 is 0 Å². The molecule has 0 amide bonds. The quantitative estimate of drug-likeness (QED) is 0.535. The number of benzene rings is 1. The molecule has 1 aliphatic carbocycles. The van der Waals surface area contributed by atoms with Crippen LogP contribution in [0.1, 0.15) is 43.2 Å². The predicted octanol–water partition coefficient (Wildman–Crippen LogP) is 1.92. The van der Waals surface area contributed by atoms with Crippen molar-refractivity contribution in [2.24, 2.45) is 4.99 Å². The molecule has 0 bridgehead atoms. The molecule has 28 heavy (non-hydrogen) atoms. The monoisotopic (exact) mass is 406 g/mol. The molecular formula is C21H34N4O2S. The first-order valence-corrected chi connectivity index (χ1v) is 12.4. The summed E-state index contributed by atoms with van der Waals surface area (Å²) in [6, 6.07) is 9.47. The fourth-order valence-corrected chi connectivity index (χ4v) is 4.55. The van der Waals surface area contributed by atoms with Gasteiger partial charge in [0.1, 0.15) is 9.84 Å².